The highest BCUT2D eigenvalue weighted by molar-refractivity contribution is 6.30. The summed E-state index contributed by atoms with van der Waals surface area (Å²) < 4.78 is 13.1. The van der Waals surface area contributed by atoms with Gasteiger partial charge in [-0.1, -0.05) is 11.6 Å². The summed E-state index contributed by atoms with van der Waals surface area (Å²) in [5.74, 6) is -0.392. The maximum atomic E-state index is 13.1. The lowest BCUT2D eigenvalue weighted by Crippen LogP contribution is -2.41. The third-order valence-electron chi connectivity index (χ3n) is 2.66. The van der Waals surface area contributed by atoms with Crippen molar-refractivity contribution in [1.82, 2.24) is 10.6 Å². The van der Waals surface area contributed by atoms with Gasteiger partial charge in [0.25, 0.3) is 0 Å². The molecule has 1 aromatic rings. The average Bonchev–Trinajstić information content (AvgIpc) is 2.26. The number of hydrogen-bond donors (Lipinski definition) is 2. The van der Waals surface area contributed by atoms with Crippen molar-refractivity contribution in [1.29, 1.82) is 0 Å². The summed E-state index contributed by atoms with van der Waals surface area (Å²) >= 11 is 5.76. The van der Waals surface area contributed by atoms with Crippen LogP contribution in [0.3, 0.4) is 0 Å². The van der Waals surface area contributed by atoms with Gasteiger partial charge >= 0.3 is 0 Å². The first-order valence-electron chi connectivity index (χ1n) is 5.73. The van der Waals surface area contributed by atoms with Crippen molar-refractivity contribution in [3.05, 3.63) is 34.6 Å². The van der Waals surface area contributed by atoms with Crippen molar-refractivity contribution < 1.29 is 9.18 Å². The van der Waals surface area contributed by atoms with E-state index in [9.17, 15) is 9.18 Å². The predicted octanol–water partition coefficient (Wildman–Crippen LogP) is 2.34. The van der Waals surface area contributed by atoms with Crippen molar-refractivity contribution in [3.8, 4) is 0 Å². The van der Waals surface area contributed by atoms with Crippen molar-refractivity contribution in [2.75, 3.05) is 13.6 Å². The van der Waals surface area contributed by atoms with Crippen LogP contribution < -0.4 is 10.6 Å². The molecule has 100 valence electrons. The van der Waals surface area contributed by atoms with Crippen molar-refractivity contribution in [2.24, 2.45) is 5.41 Å². The minimum absolute atomic E-state index is 0.0349. The molecule has 0 aliphatic rings. The highest BCUT2D eigenvalue weighted by Gasteiger charge is 2.25. The van der Waals surface area contributed by atoms with Crippen LogP contribution in [0.15, 0.2) is 18.2 Å². The van der Waals surface area contributed by atoms with Gasteiger partial charge in [0.1, 0.15) is 5.82 Å². The number of carbonyl (C=O) groups is 1. The lowest BCUT2D eigenvalue weighted by Gasteiger charge is -2.23. The largest absolute Gasteiger partial charge is 0.359 e. The fourth-order valence-corrected chi connectivity index (χ4v) is 1.90. The molecule has 0 heterocycles. The topological polar surface area (TPSA) is 41.1 Å². The van der Waals surface area contributed by atoms with Crippen LogP contribution in [0.2, 0.25) is 5.02 Å². The lowest BCUT2D eigenvalue weighted by atomic mass is 9.92. The molecular formula is C13H18ClFN2O. The molecule has 2 N–H and O–H groups in total. The number of amides is 1. The zero-order chi connectivity index (χ0) is 13.8. The Morgan fingerprint density at radius 1 is 1.39 bits per heavy atom. The number of carbonyl (C=O) groups excluding carboxylic acids is 1. The number of hydrogen-bond acceptors (Lipinski definition) is 2. The van der Waals surface area contributed by atoms with Crippen LogP contribution >= 0.6 is 11.6 Å². The molecule has 5 heteroatoms. The van der Waals surface area contributed by atoms with Crippen LogP contribution in [-0.2, 0) is 11.3 Å². The number of halogens is 2. The minimum Gasteiger partial charge on any atom is -0.359 e. The van der Waals surface area contributed by atoms with E-state index >= 15 is 0 Å². The highest BCUT2D eigenvalue weighted by Crippen LogP contribution is 2.16. The van der Waals surface area contributed by atoms with E-state index in [1.807, 2.05) is 13.8 Å². The van der Waals surface area contributed by atoms with Crippen LogP contribution in [0.1, 0.15) is 19.4 Å². The fraction of sp³-hybridized carbons (Fsp3) is 0.462. The van der Waals surface area contributed by atoms with Crippen LogP contribution in [0.5, 0.6) is 0 Å². The van der Waals surface area contributed by atoms with Gasteiger partial charge in [-0.05, 0) is 37.6 Å². The van der Waals surface area contributed by atoms with E-state index in [1.54, 1.807) is 13.1 Å². The average molecular weight is 273 g/mol. The molecule has 0 unspecified atom stereocenters. The molecule has 0 fully saturated rings. The van der Waals surface area contributed by atoms with Crippen LogP contribution in [0, 0.1) is 11.2 Å². The monoisotopic (exact) mass is 272 g/mol. The fourth-order valence-electron chi connectivity index (χ4n) is 1.65. The Kier molecular flexibility index (Phi) is 5.11. The van der Waals surface area contributed by atoms with E-state index in [2.05, 4.69) is 10.6 Å². The summed E-state index contributed by atoms with van der Waals surface area (Å²) in [7, 11) is 1.61. The van der Waals surface area contributed by atoms with Gasteiger partial charge in [-0.2, -0.15) is 0 Å². The van der Waals surface area contributed by atoms with Gasteiger partial charge in [0, 0.05) is 25.2 Å². The predicted molar refractivity (Wildman–Crippen MR) is 71.0 cm³/mol. The second-order valence-electron chi connectivity index (χ2n) is 4.84. The zero-order valence-corrected chi connectivity index (χ0v) is 11.6. The molecule has 3 nitrogen and oxygen atoms in total. The summed E-state index contributed by atoms with van der Waals surface area (Å²) in [5.41, 5.74) is 0.249. The van der Waals surface area contributed by atoms with E-state index in [4.69, 9.17) is 11.6 Å². The number of rotatable bonds is 5. The summed E-state index contributed by atoms with van der Waals surface area (Å²) in [6.07, 6.45) is 0. The Hall–Kier alpha value is -1.13. The normalized spacial score (nSPS) is 11.4. The maximum absolute atomic E-state index is 13.1. The van der Waals surface area contributed by atoms with Gasteiger partial charge in [-0.15, -0.1) is 0 Å². The van der Waals surface area contributed by atoms with Crippen LogP contribution in [-0.4, -0.2) is 19.5 Å². The van der Waals surface area contributed by atoms with Gasteiger partial charge < -0.3 is 10.6 Å². The number of nitrogens with one attached hydrogen (secondary N) is 2. The molecule has 1 rings (SSSR count). The van der Waals surface area contributed by atoms with Gasteiger partial charge in [-0.25, -0.2) is 4.39 Å². The van der Waals surface area contributed by atoms with Gasteiger partial charge in [0.05, 0.1) is 5.41 Å². The van der Waals surface area contributed by atoms with Gasteiger partial charge in [0.15, 0.2) is 0 Å². The summed E-state index contributed by atoms with van der Waals surface area (Å²) in [5, 5.41) is 6.11. The molecule has 1 amide bonds. The van der Waals surface area contributed by atoms with Gasteiger partial charge in [0.2, 0.25) is 5.91 Å². The first-order chi connectivity index (χ1) is 8.35. The third-order valence-corrected chi connectivity index (χ3v) is 2.88. The Balaban J connectivity index is 2.53. The van der Waals surface area contributed by atoms with E-state index in [1.165, 1.54) is 12.1 Å². The van der Waals surface area contributed by atoms with E-state index in [-0.39, 0.29) is 11.7 Å². The second-order valence-corrected chi connectivity index (χ2v) is 5.28. The Morgan fingerprint density at radius 3 is 2.61 bits per heavy atom. The summed E-state index contributed by atoms with van der Waals surface area (Å²) in [4.78, 5) is 11.6. The smallest absolute Gasteiger partial charge is 0.226 e. The third kappa shape index (κ3) is 4.27. The molecule has 18 heavy (non-hydrogen) atoms. The molecule has 0 spiro atoms. The van der Waals surface area contributed by atoms with E-state index in [0.717, 1.165) is 5.56 Å². The molecule has 0 bridgehead atoms. The summed E-state index contributed by atoms with van der Waals surface area (Å²) in [6.45, 7) is 4.66. The first-order valence-corrected chi connectivity index (χ1v) is 6.11. The van der Waals surface area contributed by atoms with Crippen molar-refractivity contribution in [3.63, 3.8) is 0 Å². The highest BCUT2D eigenvalue weighted by atomic mass is 35.5. The molecule has 1 aromatic carbocycles. The molecular weight excluding hydrogens is 255 g/mol. The summed E-state index contributed by atoms with van der Waals surface area (Å²) in [6, 6.07) is 4.38. The van der Waals surface area contributed by atoms with E-state index < -0.39 is 5.41 Å². The molecule has 0 aliphatic heterocycles. The first kappa shape index (κ1) is 14.9. The van der Waals surface area contributed by atoms with E-state index in [0.29, 0.717) is 18.1 Å². The second kappa shape index (κ2) is 6.16. The van der Waals surface area contributed by atoms with Crippen molar-refractivity contribution >= 4 is 17.5 Å². The molecule has 0 atom stereocenters. The Bertz CT molecular complexity index is 415. The molecule has 0 saturated carbocycles. The SMILES string of the molecule is CNC(=O)C(C)(C)CNCc1cc(F)cc(Cl)c1. The maximum Gasteiger partial charge on any atom is 0.226 e. The zero-order valence-electron chi connectivity index (χ0n) is 10.8. The quantitative estimate of drug-likeness (QED) is 0.864. The Labute approximate surface area is 112 Å². The number of benzene rings is 1. The minimum atomic E-state index is -0.508. The molecule has 0 saturated heterocycles. The molecule has 0 aliphatic carbocycles. The van der Waals surface area contributed by atoms with Gasteiger partial charge in [-0.3, -0.25) is 4.79 Å². The Morgan fingerprint density at radius 2 is 2.06 bits per heavy atom. The standard InChI is InChI=1S/C13H18ClFN2O/c1-13(2,12(18)16-3)8-17-7-9-4-10(14)6-11(15)5-9/h4-6,17H,7-8H2,1-3H3,(H,16,18). The molecule has 0 aromatic heterocycles. The van der Waals surface area contributed by atoms with Crippen LogP contribution in [0.25, 0.3) is 0 Å². The molecule has 0 radical (unpaired) electrons. The lowest BCUT2D eigenvalue weighted by molar-refractivity contribution is -0.128. The van der Waals surface area contributed by atoms with Crippen LogP contribution in [0.4, 0.5) is 4.39 Å². The van der Waals surface area contributed by atoms with Crippen molar-refractivity contribution in [2.45, 2.75) is 20.4 Å².